The third kappa shape index (κ3) is 2.30. The van der Waals surface area contributed by atoms with Crippen LogP contribution in [0.5, 0.6) is 0 Å². The molecule has 0 radical (unpaired) electrons. The highest BCUT2D eigenvalue weighted by Gasteiger charge is 1.99. The predicted molar refractivity (Wildman–Crippen MR) is 52.7 cm³/mol. The third-order valence-electron chi connectivity index (χ3n) is 1.79. The molecule has 1 rings (SSSR count). The first-order valence-corrected chi connectivity index (χ1v) is 4.55. The van der Waals surface area contributed by atoms with E-state index in [1.165, 1.54) is 11.1 Å². The van der Waals surface area contributed by atoms with Gasteiger partial charge in [0.1, 0.15) is 0 Å². The van der Waals surface area contributed by atoms with Crippen molar-refractivity contribution in [1.29, 1.82) is 0 Å². The second kappa shape index (κ2) is 4.60. The van der Waals surface area contributed by atoms with E-state index in [1.807, 2.05) is 12.1 Å². The van der Waals surface area contributed by atoms with E-state index in [-0.39, 0.29) is 0 Å². The molecule has 0 atom stereocenters. The molecule has 1 aromatic carbocycles. The maximum atomic E-state index is 4.78. The highest BCUT2D eigenvalue weighted by atomic mass is 79.9. The SMILES string of the molecule is CONCc1cccc(Br)c1C. The van der Waals surface area contributed by atoms with Gasteiger partial charge in [-0.05, 0) is 24.1 Å². The molecule has 0 saturated carbocycles. The summed E-state index contributed by atoms with van der Waals surface area (Å²) in [4.78, 5) is 4.78. The summed E-state index contributed by atoms with van der Waals surface area (Å²) in [7, 11) is 1.62. The lowest BCUT2D eigenvalue weighted by Gasteiger charge is -2.06. The maximum Gasteiger partial charge on any atom is 0.0572 e. The molecule has 2 nitrogen and oxygen atoms in total. The Labute approximate surface area is 81.0 Å². The predicted octanol–water partition coefficient (Wildman–Crippen LogP) is 2.41. The summed E-state index contributed by atoms with van der Waals surface area (Å²) in [5, 5.41) is 0. The van der Waals surface area contributed by atoms with Gasteiger partial charge in [-0.3, -0.25) is 0 Å². The molecule has 0 bridgehead atoms. The molecule has 12 heavy (non-hydrogen) atoms. The first kappa shape index (κ1) is 9.71. The number of halogens is 1. The molecule has 0 aromatic heterocycles. The van der Waals surface area contributed by atoms with Crippen molar-refractivity contribution in [3.8, 4) is 0 Å². The first-order valence-electron chi connectivity index (χ1n) is 3.75. The van der Waals surface area contributed by atoms with Crippen molar-refractivity contribution < 1.29 is 4.84 Å². The van der Waals surface area contributed by atoms with Gasteiger partial charge in [0.05, 0.1) is 7.11 Å². The van der Waals surface area contributed by atoms with Crippen LogP contribution >= 0.6 is 15.9 Å². The van der Waals surface area contributed by atoms with Crippen molar-refractivity contribution in [2.24, 2.45) is 0 Å². The van der Waals surface area contributed by atoms with Gasteiger partial charge in [0.15, 0.2) is 0 Å². The summed E-state index contributed by atoms with van der Waals surface area (Å²) in [5.41, 5.74) is 5.31. The molecule has 0 unspecified atom stereocenters. The Balaban J connectivity index is 2.78. The van der Waals surface area contributed by atoms with Gasteiger partial charge < -0.3 is 4.84 Å². The van der Waals surface area contributed by atoms with Crippen molar-refractivity contribution in [3.63, 3.8) is 0 Å². The van der Waals surface area contributed by atoms with E-state index in [1.54, 1.807) is 7.11 Å². The molecule has 0 saturated heterocycles. The minimum absolute atomic E-state index is 0.738. The second-order valence-corrected chi connectivity index (χ2v) is 3.40. The average molecular weight is 230 g/mol. The maximum absolute atomic E-state index is 4.78. The molecule has 0 aliphatic heterocycles. The summed E-state index contributed by atoms with van der Waals surface area (Å²) in [5.74, 6) is 0. The second-order valence-electron chi connectivity index (χ2n) is 2.55. The van der Waals surface area contributed by atoms with Gasteiger partial charge in [-0.1, -0.05) is 28.1 Å². The van der Waals surface area contributed by atoms with E-state index in [2.05, 4.69) is 34.4 Å². The summed E-state index contributed by atoms with van der Waals surface area (Å²) in [6.07, 6.45) is 0. The van der Waals surface area contributed by atoms with Crippen molar-refractivity contribution in [2.45, 2.75) is 13.5 Å². The van der Waals surface area contributed by atoms with Crippen LogP contribution in [0.1, 0.15) is 11.1 Å². The van der Waals surface area contributed by atoms with Crippen LogP contribution in [0.25, 0.3) is 0 Å². The Morgan fingerprint density at radius 2 is 2.25 bits per heavy atom. The highest BCUT2D eigenvalue weighted by molar-refractivity contribution is 9.10. The van der Waals surface area contributed by atoms with Crippen molar-refractivity contribution in [3.05, 3.63) is 33.8 Å². The van der Waals surface area contributed by atoms with Crippen molar-refractivity contribution in [2.75, 3.05) is 7.11 Å². The van der Waals surface area contributed by atoms with E-state index < -0.39 is 0 Å². The summed E-state index contributed by atoms with van der Waals surface area (Å²) < 4.78 is 1.14. The van der Waals surface area contributed by atoms with Gasteiger partial charge >= 0.3 is 0 Å². The normalized spacial score (nSPS) is 10.2. The van der Waals surface area contributed by atoms with Gasteiger partial charge in [-0.15, -0.1) is 0 Å². The number of hydroxylamine groups is 1. The zero-order valence-electron chi connectivity index (χ0n) is 7.23. The van der Waals surface area contributed by atoms with Gasteiger partial charge in [-0.2, -0.15) is 5.48 Å². The van der Waals surface area contributed by atoms with Gasteiger partial charge in [0.2, 0.25) is 0 Å². The third-order valence-corrected chi connectivity index (χ3v) is 2.65. The van der Waals surface area contributed by atoms with Crippen LogP contribution in [0.4, 0.5) is 0 Å². The molecule has 0 aliphatic rings. The van der Waals surface area contributed by atoms with E-state index in [0.29, 0.717) is 0 Å². The Morgan fingerprint density at radius 3 is 2.92 bits per heavy atom. The first-order chi connectivity index (χ1) is 5.75. The standard InChI is InChI=1S/C9H12BrNO/c1-7-8(6-11-12-2)4-3-5-9(7)10/h3-5,11H,6H2,1-2H3. The monoisotopic (exact) mass is 229 g/mol. The lowest BCUT2D eigenvalue weighted by Crippen LogP contribution is -2.11. The lowest BCUT2D eigenvalue weighted by atomic mass is 10.1. The Kier molecular flexibility index (Phi) is 3.72. The number of rotatable bonds is 3. The summed E-state index contributed by atoms with van der Waals surface area (Å²) >= 11 is 3.47. The van der Waals surface area contributed by atoms with Crippen LogP contribution in [0, 0.1) is 6.92 Å². The van der Waals surface area contributed by atoms with Crippen molar-refractivity contribution in [1.82, 2.24) is 5.48 Å². The van der Waals surface area contributed by atoms with Crippen LogP contribution in [-0.4, -0.2) is 7.11 Å². The van der Waals surface area contributed by atoms with Crippen LogP contribution in [-0.2, 0) is 11.4 Å². The summed E-state index contributed by atoms with van der Waals surface area (Å²) in [6, 6.07) is 6.13. The molecule has 3 heteroatoms. The number of nitrogens with one attached hydrogen (secondary N) is 1. The molecule has 0 fully saturated rings. The molecule has 0 spiro atoms. The molecule has 0 heterocycles. The quantitative estimate of drug-likeness (QED) is 0.805. The fraction of sp³-hybridized carbons (Fsp3) is 0.333. The van der Waals surface area contributed by atoms with Crippen LogP contribution in [0.3, 0.4) is 0 Å². The molecule has 66 valence electrons. The smallest absolute Gasteiger partial charge is 0.0572 e. The largest absolute Gasteiger partial charge is 0.305 e. The van der Waals surface area contributed by atoms with Crippen LogP contribution in [0.2, 0.25) is 0 Å². The van der Waals surface area contributed by atoms with Crippen molar-refractivity contribution >= 4 is 15.9 Å². The summed E-state index contributed by atoms with van der Waals surface area (Å²) in [6.45, 7) is 2.82. The Morgan fingerprint density at radius 1 is 1.50 bits per heavy atom. The zero-order chi connectivity index (χ0) is 8.97. The lowest BCUT2D eigenvalue weighted by molar-refractivity contribution is 0.0866. The van der Waals surface area contributed by atoms with E-state index in [0.717, 1.165) is 11.0 Å². The molecule has 0 aliphatic carbocycles. The number of hydrogen-bond acceptors (Lipinski definition) is 2. The van der Waals surface area contributed by atoms with Crippen LogP contribution in [0.15, 0.2) is 22.7 Å². The van der Waals surface area contributed by atoms with E-state index in [4.69, 9.17) is 4.84 Å². The molecule has 1 N–H and O–H groups in total. The van der Waals surface area contributed by atoms with E-state index >= 15 is 0 Å². The zero-order valence-corrected chi connectivity index (χ0v) is 8.81. The fourth-order valence-corrected chi connectivity index (χ4v) is 1.40. The topological polar surface area (TPSA) is 21.3 Å². The Bertz CT molecular complexity index is 263. The molecular weight excluding hydrogens is 218 g/mol. The van der Waals surface area contributed by atoms with E-state index in [9.17, 15) is 0 Å². The molecular formula is C9H12BrNO. The number of benzene rings is 1. The van der Waals surface area contributed by atoms with Gasteiger partial charge in [-0.25, -0.2) is 0 Å². The minimum Gasteiger partial charge on any atom is -0.305 e. The number of hydrogen-bond donors (Lipinski definition) is 1. The molecule has 0 amide bonds. The van der Waals surface area contributed by atoms with Gasteiger partial charge in [0, 0.05) is 11.0 Å². The molecule has 1 aromatic rings. The fourth-order valence-electron chi connectivity index (χ4n) is 0.994. The minimum atomic E-state index is 0.738. The van der Waals surface area contributed by atoms with Crippen LogP contribution < -0.4 is 5.48 Å². The average Bonchev–Trinajstić information content (AvgIpc) is 2.08. The van der Waals surface area contributed by atoms with Gasteiger partial charge in [0.25, 0.3) is 0 Å². The highest BCUT2D eigenvalue weighted by Crippen LogP contribution is 2.18. The Hall–Kier alpha value is -0.380.